The summed E-state index contributed by atoms with van der Waals surface area (Å²) in [5.41, 5.74) is 0. The molecular formula is C9H9BrOS. The number of hydrogen-bond acceptors (Lipinski definition) is 2. The molecule has 0 aliphatic heterocycles. The molecule has 1 nitrogen and oxygen atoms in total. The van der Waals surface area contributed by atoms with Gasteiger partial charge in [0.05, 0.1) is 0 Å². The number of phenolic OH excluding ortho intramolecular Hbond substituents is 1. The van der Waals surface area contributed by atoms with Gasteiger partial charge in [0.2, 0.25) is 0 Å². The molecule has 3 heteroatoms. The Morgan fingerprint density at radius 2 is 2.17 bits per heavy atom. The smallest absolute Gasteiger partial charge is 0.129 e. The highest BCUT2D eigenvalue weighted by molar-refractivity contribution is 9.11. The number of para-hydroxylation sites is 1. The maximum absolute atomic E-state index is 9.36. The molecule has 12 heavy (non-hydrogen) atoms. The molecule has 0 saturated carbocycles. The monoisotopic (exact) mass is 244 g/mol. The minimum atomic E-state index is 0.330. The molecule has 0 aromatic heterocycles. The lowest BCUT2D eigenvalue weighted by Crippen LogP contribution is -1.77. The van der Waals surface area contributed by atoms with Crippen LogP contribution in [-0.4, -0.2) is 10.9 Å². The number of benzene rings is 1. The number of phenols is 1. The van der Waals surface area contributed by atoms with Crippen LogP contribution >= 0.6 is 27.7 Å². The topological polar surface area (TPSA) is 20.2 Å². The zero-order chi connectivity index (χ0) is 8.97. The lowest BCUT2D eigenvalue weighted by Gasteiger charge is -2.01. The lowest BCUT2D eigenvalue weighted by molar-refractivity contribution is 0.462. The van der Waals surface area contributed by atoms with Crippen molar-refractivity contribution in [3.05, 3.63) is 35.3 Å². The van der Waals surface area contributed by atoms with Crippen molar-refractivity contribution in [3.63, 3.8) is 0 Å². The standard InChI is InChI=1S/C9H9BrOS/c1-7(10)6-12-9-5-3-2-4-8(9)11/h2-5,11H,1,6H2. The van der Waals surface area contributed by atoms with Crippen LogP contribution in [0.25, 0.3) is 0 Å². The van der Waals surface area contributed by atoms with Gasteiger partial charge in [0.1, 0.15) is 5.75 Å². The molecule has 1 aromatic carbocycles. The summed E-state index contributed by atoms with van der Waals surface area (Å²) >= 11 is 4.82. The molecule has 0 atom stereocenters. The zero-order valence-corrected chi connectivity index (χ0v) is 8.86. The number of aromatic hydroxyl groups is 1. The maximum Gasteiger partial charge on any atom is 0.129 e. The normalized spacial score (nSPS) is 9.75. The maximum atomic E-state index is 9.36. The van der Waals surface area contributed by atoms with Gasteiger partial charge in [0, 0.05) is 10.6 Å². The fourth-order valence-corrected chi connectivity index (χ4v) is 1.78. The van der Waals surface area contributed by atoms with Crippen LogP contribution in [0.1, 0.15) is 0 Å². The van der Waals surface area contributed by atoms with Gasteiger partial charge in [-0.15, -0.1) is 11.8 Å². The highest BCUT2D eigenvalue weighted by atomic mass is 79.9. The van der Waals surface area contributed by atoms with Gasteiger partial charge in [-0.2, -0.15) is 0 Å². The summed E-state index contributed by atoms with van der Waals surface area (Å²) in [7, 11) is 0. The predicted octanol–water partition coefficient (Wildman–Crippen LogP) is 3.39. The minimum absolute atomic E-state index is 0.330. The van der Waals surface area contributed by atoms with Crippen LogP contribution in [0.2, 0.25) is 0 Å². The second kappa shape index (κ2) is 4.58. The van der Waals surface area contributed by atoms with Crippen molar-refractivity contribution in [2.45, 2.75) is 4.90 Å². The quantitative estimate of drug-likeness (QED) is 0.823. The average molecular weight is 245 g/mol. The Kier molecular flexibility index (Phi) is 3.69. The summed E-state index contributed by atoms with van der Waals surface area (Å²) in [6, 6.07) is 7.27. The summed E-state index contributed by atoms with van der Waals surface area (Å²) in [6.45, 7) is 3.71. The SMILES string of the molecule is C=C(Br)CSc1ccccc1O. The summed E-state index contributed by atoms with van der Waals surface area (Å²) in [5, 5.41) is 9.36. The van der Waals surface area contributed by atoms with Crippen molar-refractivity contribution in [3.8, 4) is 5.75 Å². The first-order valence-electron chi connectivity index (χ1n) is 3.44. The number of halogens is 1. The predicted molar refractivity (Wildman–Crippen MR) is 56.9 cm³/mol. The number of hydrogen-bond donors (Lipinski definition) is 1. The van der Waals surface area contributed by atoms with E-state index >= 15 is 0 Å². The van der Waals surface area contributed by atoms with Crippen LogP contribution in [0.5, 0.6) is 5.75 Å². The van der Waals surface area contributed by atoms with Gasteiger partial charge in [0.25, 0.3) is 0 Å². The molecule has 0 heterocycles. The molecule has 1 N–H and O–H groups in total. The molecule has 1 rings (SSSR count). The van der Waals surface area contributed by atoms with Crippen LogP contribution < -0.4 is 0 Å². The third-order valence-corrected chi connectivity index (χ3v) is 3.05. The van der Waals surface area contributed by atoms with Crippen molar-refractivity contribution in [1.29, 1.82) is 0 Å². The van der Waals surface area contributed by atoms with Crippen LogP contribution in [0, 0.1) is 0 Å². The second-order valence-corrected chi connectivity index (χ2v) is 4.41. The highest BCUT2D eigenvalue weighted by Crippen LogP contribution is 2.29. The van der Waals surface area contributed by atoms with E-state index in [1.54, 1.807) is 17.8 Å². The van der Waals surface area contributed by atoms with Gasteiger partial charge < -0.3 is 5.11 Å². The molecule has 0 fully saturated rings. The molecule has 1 aromatic rings. The van der Waals surface area contributed by atoms with E-state index in [0.717, 1.165) is 15.1 Å². The van der Waals surface area contributed by atoms with Crippen molar-refractivity contribution < 1.29 is 5.11 Å². The van der Waals surface area contributed by atoms with Crippen molar-refractivity contribution >= 4 is 27.7 Å². The van der Waals surface area contributed by atoms with E-state index in [0.29, 0.717) is 5.75 Å². The van der Waals surface area contributed by atoms with E-state index in [1.807, 2.05) is 18.2 Å². The van der Waals surface area contributed by atoms with Gasteiger partial charge in [-0.1, -0.05) is 34.6 Å². The van der Waals surface area contributed by atoms with Crippen molar-refractivity contribution in [1.82, 2.24) is 0 Å². The molecule has 0 radical (unpaired) electrons. The van der Waals surface area contributed by atoms with E-state index in [1.165, 1.54) is 0 Å². The van der Waals surface area contributed by atoms with E-state index in [9.17, 15) is 5.11 Å². The first-order valence-corrected chi connectivity index (χ1v) is 5.22. The van der Waals surface area contributed by atoms with Gasteiger partial charge in [-0.3, -0.25) is 0 Å². The van der Waals surface area contributed by atoms with E-state index in [-0.39, 0.29) is 0 Å². The average Bonchev–Trinajstić information content (AvgIpc) is 2.03. The Labute approximate surface area is 84.6 Å². The fraction of sp³-hybridized carbons (Fsp3) is 0.111. The van der Waals surface area contributed by atoms with Crippen molar-refractivity contribution in [2.75, 3.05) is 5.75 Å². The molecule has 0 unspecified atom stereocenters. The Morgan fingerprint density at radius 1 is 1.50 bits per heavy atom. The minimum Gasteiger partial charge on any atom is -0.507 e. The van der Waals surface area contributed by atoms with E-state index in [2.05, 4.69) is 22.5 Å². The van der Waals surface area contributed by atoms with Gasteiger partial charge in [-0.25, -0.2) is 0 Å². The van der Waals surface area contributed by atoms with E-state index < -0.39 is 0 Å². The van der Waals surface area contributed by atoms with Gasteiger partial charge >= 0.3 is 0 Å². The Hall–Kier alpha value is -0.410. The second-order valence-electron chi connectivity index (χ2n) is 2.27. The number of thioether (sulfide) groups is 1. The molecule has 0 aliphatic rings. The summed E-state index contributed by atoms with van der Waals surface area (Å²) < 4.78 is 0.927. The summed E-state index contributed by atoms with van der Waals surface area (Å²) in [4.78, 5) is 0.887. The van der Waals surface area contributed by atoms with Gasteiger partial charge in [0.15, 0.2) is 0 Å². The fourth-order valence-electron chi connectivity index (χ4n) is 0.735. The van der Waals surface area contributed by atoms with Gasteiger partial charge in [-0.05, 0) is 16.6 Å². The Bertz CT molecular complexity index is 286. The Balaban J connectivity index is 2.63. The van der Waals surface area contributed by atoms with E-state index in [4.69, 9.17) is 0 Å². The molecular weight excluding hydrogens is 236 g/mol. The van der Waals surface area contributed by atoms with Crippen molar-refractivity contribution in [2.24, 2.45) is 0 Å². The Morgan fingerprint density at radius 3 is 2.75 bits per heavy atom. The lowest BCUT2D eigenvalue weighted by atomic mass is 10.3. The zero-order valence-electron chi connectivity index (χ0n) is 6.46. The first-order chi connectivity index (χ1) is 5.70. The molecule has 0 amide bonds. The molecule has 0 saturated heterocycles. The third kappa shape index (κ3) is 2.91. The van der Waals surface area contributed by atoms with Crippen LogP contribution in [0.4, 0.5) is 0 Å². The summed E-state index contributed by atoms with van der Waals surface area (Å²) in [5.74, 6) is 1.11. The highest BCUT2D eigenvalue weighted by Gasteiger charge is 1.99. The van der Waals surface area contributed by atoms with Crippen LogP contribution in [0.3, 0.4) is 0 Å². The largest absolute Gasteiger partial charge is 0.507 e. The third-order valence-electron chi connectivity index (χ3n) is 1.25. The van der Waals surface area contributed by atoms with Crippen LogP contribution in [0.15, 0.2) is 40.2 Å². The summed E-state index contributed by atoms with van der Waals surface area (Å²) in [6.07, 6.45) is 0. The number of rotatable bonds is 3. The first kappa shape index (κ1) is 9.68. The molecule has 64 valence electrons. The van der Waals surface area contributed by atoms with Crippen LogP contribution in [-0.2, 0) is 0 Å². The molecule has 0 bridgehead atoms. The molecule has 0 spiro atoms. The molecule has 0 aliphatic carbocycles.